The van der Waals surface area contributed by atoms with E-state index in [0.29, 0.717) is 25.8 Å². The van der Waals surface area contributed by atoms with Crippen LogP contribution in [-0.2, 0) is 16.1 Å². The molecule has 0 aromatic heterocycles. The summed E-state index contributed by atoms with van der Waals surface area (Å²) in [6.45, 7) is 2.61. The minimum absolute atomic E-state index is 0.0100. The average molecular weight is 380 g/mol. The molecule has 2 atom stereocenters. The summed E-state index contributed by atoms with van der Waals surface area (Å²) < 4.78 is 0. The molecular formula is C23H28N2O3. The summed E-state index contributed by atoms with van der Waals surface area (Å²) in [5, 5.41) is 9.14. The lowest BCUT2D eigenvalue weighted by Gasteiger charge is -2.43. The maximum atomic E-state index is 13.3. The lowest BCUT2D eigenvalue weighted by molar-refractivity contribution is -0.159. The number of aliphatic hydroxyl groups excluding tert-OH is 1. The van der Waals surface area contributed by atoms with Gasteiger partial charge in [-0.2, -0.15) is 0 Å². The normalized spacial score (nSPS) is 18.4. The molecule has 3 rings (SSSR count). The predicted octanol–water partition coefficient (Wildman–Crippen LogP) is 3.15. The highest BCUT2D eigenvalue weighted by Crippen LogP contribution is 2.29. The zero-order chi connectivity index (χ0) is 19.9. The van der Waals surface area contributed by atoms with E-state index in [1.165, 1.54) is 0 Å². The molecule has 28 heavy (non-hydrogen) atoms. The molecule has 0 spiro atoms. The standard InChI is InChI=1S/C23H28N2O3/c1-18(20-12-6-3-7-13-20)25-21(14-8-9-15-26)23(28)24(17-22(25)27)16-19-10-4-2-5-11-19/h2-7,10-13,18,21,26H,8-9,14-17H2,1H3/t18-,21+/m0/s1. The first-order valence-electron chi connectivity index (χ1n) is 9.91. The minimum atomic E-state index is -0.494. The Bertz CT molecular complexity index is 779. The molecule has 2 aromatic rings. The van der Waals surface area contributed by atoms with Gasteiger partial charge in [0.2, 0.25) is 11.8 Å². The van der Waals surface area contributed by atoms with Gasteiger partial charge in [-0.1, -0.05) is 60.7 Å². The van der Waals surface area contributed by atoms with E-state index in [9.17, 15) is 9.59 Å². The quantitative estimate of drug-likeness (QED) is 0.716. The van der Waals surface area contributed by atoms with Gasteiger partial charge in [0.15, 0.2) is 0 Å². The molecular weight excluding hydrogens is 352 g/mol. The van der Waals surface area contributed by atoms with Crippen molar-refractivity contribution in [1.82, 2.24) is 9.80 Å². The highest BCUT2D eigenvalue weighted by Gasteiger charge is 2.41. The molecule has 148 valence electrons. The molecule has 0 unspecified atom stereocenters. The predicted molar refractivity (Wildman–Crippen MR) is 108 cm³/mol. The van der Waals surface area contributed by atoms with E-state index >= 15 is 0 Å². The number of carbonyl (C=O) groups excluding carboxylic acids is 2. The van der Waals surface area contributed by atoms with E-state index < -0.39 is 6.04 Å². The third-order valence-electron chi connectivity index (χ3n) is 5.35. The van der Waals surface area contributed by atoms with Gasteiger partial charge < -0.3 is 14.9 Å². The second-order valence-corrected chi connectivity index (χ2v) is 7.30. The molecule has 1 heterocycles. The molecule has 5 nitrogen and oxygen atoms in total. The van der Waals surface area contributed by atoms with Crippen LogP contribution in [0, 0.1) is 0 Å². The van der Waals surface area contributed by atoms with Crippen molar-refractivity contribution in [3.8, 4) is 0 Å². The number of hydrogen-bond donors (Lipinski definition) is 1. The van der Waals surface area contributed by atoms with Gasteiger partial charge in [-0.15, -0.1) is 0 Å². The Morgan fingerprint density at radius 2 is 1.64 bits per heavy atom. The maximum Gasteiger partial charge on any atom is 0.246 e. The Morgan fingerprint density at radius 3 is 2.29 bits per heavy atom. The lowest BCUT2D eigenvalue weighted by Crippen LogP contribution is -2.60. The Labute approximate surface area is 166 Å². The Kier molecular flexibility index (Phi) is 6.82. The van der Waals surface area contributed by atoms with E-state index in [-0.39, 0.29) is 31.0 Å². The van der Waals surface area contributed by atoms with Crippen molar-refractivity contribution in [2.24, 2.45) is 0 Å². The number of rotatable bonds is 8. The van der Waals surface area contributed by atoms with E-state index in [0.717, 1.165) is 11.1 Å². The SMILES string of the molecule is C[C@@H](c1ccccc1)N1C(=O)CN(Cc2ccccc2)C(=O)[C@H]1CCCCO. The fraction of sp³-hybridized carbons (Fsp3) is 0.391. The maximum absolute atomic E-state index is 13.3. The number of nitrogens with zero attached hydrogens (tertiary/aromatic N) is 2. The summed E-state index contributed by atoms with van der Waals surface area (Å²) in [5.74, 6) is -0.0370. The molecule has 5 heteroatoms. The van der Waals surface area contributed by atoms with E-state index in [1.54, 1.807) is 9.80 Å². The number of aliphatic hydroxyl groups is 1. The van der Waals surface area contributed by atoms with Crippen LogP contribution in [0.1, 0.15) is 43.4 Å². The van der Waals surface area contributed by atoms with E-state index in [4.69, 9.17) is 5.11 Å². The highest BCUT2D eigenvalue weighted by atomic mass is 16.3. The summed E-state index contributed by atoms with van der Waals surface area (Å²) in [5.41, 5.74) is 2.04. The molecule has 1 aliphatic heterocycles. The number of piperazine rings is 1. The second-order valence-electron chi connectivity index (χ2n) is 7.30. The van der Waals surface area contributed by atoms with Crippen LogP contribution in [-0.4, -0.2) is 45.9 Å². The van der Waals surface area contributed by atoms with Crippen LogP contribution in [0.25, 0.3) is 0 Å². The van der Waals surface area contributed by atoms with Crippen LogP contribution in [0.3, 0.4) is 0 Å². The fourth-order valence-corrected chi connectivity index (χ4v) is 3.85. The molecule has 1 fully saturated rings. The van der Waals surface area contributed by atoms with Gasteiger partial charge in [-0.05, 0) is 37.3 Å². The zero-order valence-electron chi connectivity index (χ0n) is 16.3. The second kappa shape index (κ2) is 9.51. The third kappa shape index (κ3) is 4.60. The van der Waals surface area contributed by atoms with Crippen LogP contribution >= 0.6 is 0 Å². The molecule has 1 N–H and O–H groups in total. The largest absolute Gasteiger partial charge is 0.396 e. The number of unbranched alkanes of at least 4 members (excludes halogenated alkanes) is 1. The van der Waals surface area contributed by atoms with Gasteiger partial charge >= 0.3 is 0 Å². The summed E-state index contributed by atoms with van der Waals surface area (Å²) in [7, 11) is 0. The lowest BCUT2D eigenvalue weighted by atomic mass is 9.98. The monoisotopic (exact) mass is 380 g/mol. The van der Waals surface area contributed by atoms with Crippen molar-refractivity contribution in [2.45, 2.75) is 44.8 Å². The van der Waals surface area contributed by atoms with Crippen LogP contribution in [0.4, 0.5) is 0 Å². The Morgan fingerprint density at radius 1 is 1.00 bits per heavy atom. The average Bonchev–Trinajstić information content (AvgIpc) is 2.72. The molecule has 0 aliphatic carbocycles. The van der Waals surface area contributed by atoms with Crippen LogP contribution in [0.5, 0.6) is 0 Å². The van der Waals surface area contributed by atoms with Crippen molar-refractivity contribution >= 4 is 11.8 Å². The third-order valence-corrected chi connectivity index (χ3v) is 5.35. The van der Waals surface area contributed by atoms with E-state index in [1.807, 2.05) is 67.6 Å². The van der Waals surface area contributed by atoms with Crippen molar-refractivity contribution in [3.63, 3.8) is 0 Å². The van der Waals surface area contributed by atoms with Gasteiger partial charge in [-0.25, -0.2) is 0 Å². The van der Waals surface area contributed by atoms with Crippen molar-refractivity contribution in [1.29, 1.82) is 0 Å². The first kappa shape index (κ1) is 20.1. The fourth-order valence-electron chi connectivity index (χ4n) is 3.85. The zero-order valence-corrected chi connectivity index (χ0v) is 16.3. The van der Waals surface area contributed by atoms with Gasteiger partial charge in [0.05, 0.1) is 6.04 Å². The molecule has 0 radical (unpaired) electrons. The molecule has 2 aromatic carbocycles. The first-order valence-corrected chi connectivity index (χ1v) is 9.91. The van der Waals surface area contributed by atoms with Crippen molar-refractivity contribution in [3.05, 3.63) is 71.8 Å². The van der Waals surface area contributed by atoms with Crippen LogP contribution in [0.15, 0.2) is 60.7 Å². The van der Waals surface area contributed by atoms with Gasteiger partial charge in [0.25, 0.3) is 0 Å². The number of carbonyl (C=O) groups is 2. The summed E-state index contributed by atoms with van der Waals surface area (Å²) in [6, 6.07) is 18.9. The minimum Gasteiger partial charge on any atom is -0.396 e. The van der Waals surface area contributed by atoms with Gasteiger partial charge in [0, 0.05) is 13.2 Å². The molecule has 1 saturated heterocycles. The van der Waals surface area contributed by atoms with Crippen LogP contribution < -0.4 is 0 Å². The Hall–Kier alpha value is -2.66. The van der Waals surface area contributed by atoms with Crippen LogP contribution in [0.2, 0.25) is 0 Å². The molecule has 2 amide bonds. The summed E-state index contributed by atoms with van der Waals surface area (Å²) in [4.78, 5) is 29.8. The Balaban J connectivity index is 1.83. The smallest absolute Gasteiger partial charge is 0.246 e. The van der Waals surface area contributed by atoms with Gasteiger partial charge in [-0.3, -0.25) is 9.59 Å². The number of amides is 2. The van der Waals surface area contributed by atoms with E-state index in [2.05, 4.69) is 0 Å². The van der Waals surface area contributed by atoms with Crippen molar-refractivity contribution in [2.75, 3.05) is 13.2 Å². The van der Waals surface area contributed by atoms with Crippen molar-refractivity contribution < 1.29 is 14.7 Å². The summed E-state index contributed by atoms with van der Waals surface area (Å²) in [6.07, 6.45) is 1.90. The van der Waals surface area contributed by atoms with Gasteiger partial charge in [0.1, 0.15) is 12.6 Å². The first-order chi connectivity index (χ1) is 13.6. The topological polar surface area (TPSA) is 60.9 Å². The summed E-state index contributed by atoms with van der Waals surface area (Å²) >= 11 is 0. The number of hydrogen-bond acceptors (Lipinski definition) is 3. The molecule has 0 bridgehead atoms. The number of benzene rings is 2. The highest BCUT2D eigenvalue weighted by molar-refractivity contribution is 5.95. The molecule has 1 aliphatic rings. The molecule has 0 saturated carbocycles.